The first-order chi connectivity index (χ1) is 18.8. The van der Waals surface area contributed by atoms with Crippen molar-refractivity contribution in [2.75, 3.05) is 13.2 Å². The zero-order chi connectivity index (χ0) is 29.1. The Morgan fingerprint density at radius 1 is 1.18 bits per heavy atom. The number of aromatic amines is 1. The summed E-state index contributed by atoms with van der Waals surface area (Å²) in [5.74, 6) is -0.374. The Hall–Kier alpha value is -3.24. The number of nitrogens with one attached hydrogen (secondary N) is 2. The Kier molecular flexibility index (Phi) is 8.99. The first-order valence-corrected chi connectivity index (χ1v) is 14.7. The quantitative estimate of drug-likeness (QED) is 0.267. The fraction of sp³-hybridized carbons (Fsp3) is 0.464. The summed E-state index contributed by atoms with van der Waals surface area (Å²) in [6.07, 6.45) is 0.698. The van der Waals surface area contributed by atoms with Crippen molar-refractivity contribution in [3.8, 4) is 5.75 Å². The fourth-order valence-electron chi connectivity index (χ4n) is 4.37. The summed E-state index contributed by atoms with van der Waals surface area (Å²) in [5, 5.41) is 4.33. The zero-order valence-corrected chi connectivity index (χ0v) is 24.2. The maximum absolute atomic E-state index is 14.1. The van der Waals surface area contributed by atoms with Crippen molar-refractivity contribution in [3.05, 3.63) is 75.6 Å². The summed E-state index contributed by atoms with van der Waals surface area (Å²) in [6, 6.07) is 13.1. The highest BCUT2D eigenvalue weighted by molar-refractivity contribution is 7.52. The standard InChI is InChI=1S/C28H36N3O8P/c1-18-15-21(38-25(18)31-14-13-24(32)29-27(31)34)16-37-40(35,30-19(2)26(33)36-17-28(3,4)5)39-23-12-8-10-20-9-6-7-11-22(20)23/h6-14,18-19,21,25H,15-17H2,1-5H3,(H,30,35)(H,29,32,34). The Labute approximate surface area is 232 Å². The molecule has 3 aromatic rings. The van der Waals surface area contributed by atoms with Gasteiger partial charge in [0.1, 0.15) is 18.0 Å². The molecule has 11 nitrogen and oxygen atoms in total. The van der Waals surface area contributed by atoms with Gasteiger partial charge >= 0.3 is 19.4 Å². The van der Waals surface area contributed by atoms with Crippen LogP contribution in [0.1, 0.15) is 47.3 Å². The van der Waals surface area contributed by atoms with Crippen LogP contribution in [0.5, 0.6) is 5.75 Å². The van der Waals surface area contributed by atoms with E-state index in [4.69, 9.17) is 18.5 Å². The highest BCUT2D eigenvalue weighted by atomic mass is 31.2. The number of esters is 1. The molecular weight excluding hydrogens is 537 g/mol. The van der Waals surface area contributed by atoms with Gasteiger partial charge in [-0.2, -0.15) is 5.09 Å². The molecule has 5 unspecified atom stereocenters. The highest BCUT2D eigenvalue weighted by Gasteiger charge is 2.38. The molecule has 2 heterocycles. The molecule has 2 N–H and O–H groups in total. The molecule has 12 heteroatoms. The molecule has 1 saturated heterocycles. The van der Waals surface area contributed by atoms with Gasteiger partial charge in [0.25, 0.3) is 5.56 Å². The summed E-state index contributed by atoms with van der Waals surface area (Å²) in [4.78, 5) is 38.7. The van der Waals surface area contributed by atoms with Crippen LogP contribution in [0.3, 0.4) is 0 Å². The number of benzene rings is 2. The van der Waals surface area contributed by atoms with Crippen LogP contribution in [-0.4, -0.2) is 40.9 Å². The second kappa shape index (κ2) is 12.1. The van der Waals surface area contributed by atoms with Crippen LogP contribution < -0.4 is 20.9 Å². The van der Waals surface area contributed by atoms with Crippen molar-refractivity contribution in [2.24, 2.45) is 11.3 Å². The maximum Gasteiger partial charge on any atom is 0.459 e. The summed E-state index contributed by atoms with van der Waals surface area (Å²) in [7, 11) is -4.15. The molecule has 0 spiro atoms. The molecule has 0 bridgehead atoms. The van der Waals surface area contributed by atoms with Crippen molar-refractivity contribution < 1.29 is 27.9 Å². The van der Waals surface area contributed by atoms with E-state index < -0.39 is 43.3 Å². The van der Waals surface area contributed by atoms with Crippen LogP contribution in [0, 0.1) is 11.3 Å². The molecule has 5 atom stereocenters. The van der Waals surface area contributed by atoms with E-state index >= 15 is 0 Å². The van der Waals surface area contributed by atoms with Gasteiger partial charge in [-0.3, -0.25) is 23.7 Å². The van der Waals surface area contributed by atoms with Crippen molar-refractivity contribution in [1.29, 1.82) is 0 Å². The molecule has 0 amide bonds. The normalized spacial score (nSPS) is 21.6. The molecule has 4 rings (SSSR count). The number of H-pyrrole nitrogens is 1. The molecule has 2 aromatic carbocycles. The van der Waals surface area contributed by atoms with Crippen LogP contribution in [0.25, 0.3) is 10.8 Å². The third-order valence-corrected chi connectivity index (χ3v) is 7.96. The van der Waals surface area contributed by atoms with E-state index in [0.717, 1.165) is 10.8 Å². The average molecular weight is 574 g/mol. The lowest BCUT2D eigenvalue weighted by Gasteiger charge is -2.25. The van der Waals surface area contributed by atoms with Gasteiger partial charge < -0.3 is 14.0 Å². The Morgan fingerprint density at radius 2 is 1.90 bits per heavy atom. The summed E-state index contributed by atoms with van der Waals surface area (Å²) < 4.78 is 38.7. The number of fused-ring (bicyclic) bond motifs is 1. The fourth-order valence-corrected chi connectivity index (χ4v) is 5.91. The topological polar surface area (TPSA) is 138 Å². The lowest BCUT2D eigenvalue weighted by molar-refractivity contribution is -0.148. The highest BCUT2D eigenvalue weighted by Crippen LogP contribution is 2.48. The maximum atomic E-state index is 14.1. The molecule has 0 saturated carbocycles. The average Bonchev–Trinajstić information content (AvgIpc) is 3.26. The first kappa shape index (κ1) is 29.7. The number of aromatic nitrogens is 2. The molecule has 1 aliphatic rings. The van der Waals surface area contributed by atoms with Gasteiger partial charge in [-0.15, -0.1) is 0 Å². The van der Waals surface area contributed by atoms with Crippen LogP contribution in [0.4, 0.5) is 0 Å². The third kappa shape index (κ3) is 7.48. The third-order valence-electron chi connectivity index (χ3n) is 6.33. The van der Waals surface area contributed by atoms with Crippen LogP contribution in [-0.2, 0) is 23.4 Å². The number of hydrogen-bond donors (Lipinski definition) is 2. The van der Waals surface area contributed by atoms with Gasteiger partial charge in [-0.05, 0) is 30.2 Å². The van der Waals surface area contributed by atoms with Crippen molar-refractivity contribution in [3.63, 3.8) is 0 Å². The monoisotopic (exact) mass is 573 g/mol. The SMILES string of the molecule is CC(NP(=O)(OCC1CC(C)C(n2ccc(=O)[nH]c2=O)O1)Oc1cccc2ccccc12)C(=O)OCC(C)(C)C. The van der Waals surface area contributed by atoms with Crippen LogP contribution in [0.2, 0.25) is 0 Å². The smallest absolute Gasteiger partial charge is 0.459 e. The molecule has 1 aliphatic heterocycles. The first-order valence-electron chi connectivity index (χ1n) is 13.2. The zero-order valence-electron chi connectivity index (χ0n) is 23.3. The molecule has 0 radical (unpaired) electrons. The van der Waals surface area contributed by atoms with Crippen molar-refractivity contribution in [2.45, 2.75) is 59.4 Å². The number of rotatable bonds is 10. The van der Waals surface area contributed by atoms with E-state index in [9.17, 15) is 18.9 Å². The Balaban J connectivity index is 1.52. The minimum Gasteiger partial charge on any atom is -0.464 e. The molecule has 0 aliphatic carbocycles. The molecular formula is C28H36N3O8P. The van der Waals surface area contributed by atoms with Gasteiger partial charge in [0, 0.05) is 23.6 Å². The number of carbonyl (C=O) groups excluding carboxylic acids is 1. The van der Waals surface area contributed by atoms with Gasteiger partial charge in [0.2, 0.25) is 0 Å². The van der Waals surface area contributed by atoms with Gasteiger partial charge in [-0.1, -0.05) is 64.1 Å². The predicted molar refractivity (Wildman–Crippen MR) is 150 cm³/mol. The summed E-state index contributed by atoms with van der Waals surface area (Å²) in [5.41, 5.74) is -1.32. The van der Waals surface area contributed by atoms with Gasteiger partial charge in [0.15, 0.2) is 0 Å². The van der Waals surface area contributed by atoms with Crippen molar-refractivity contribution in [1.82, 2.24) is 14.6 Å². The van der Waals surface area contributed by atoms with E-state index in [1.165, 1.54) is 23.8 Å². The largest absolute Gasteiger partial charge is 0.464 e. The van der Waals surface area contributed by atoms with E-state index in [1.807, 2.05) is 58.0 Å². The Bertz CT molecular complexity index is 1510. The summed E-state index contributed by atoms with van der Waals surface area (Å²) >= 11 is 0. The number of ether oxygens (including phenoxy) is 2. The second-order valence-electron chi connectivity index (χ2n) is 11.3. The lowest BCUT2D eigenvalue weighted by Crippen LogP contribution is -2.37. The molecule has 1 fully saturated rings. The van der Waals surface area contributed by atoms with E-state index in [1.54, 1.807) is 12.1 Å². The second-order valence-corrected chi connectivity index (χ2v) is 13.0. The van der Waals surface area contributed by atoms with E-state index in [2.05, 4.69) is 10.1 Å². The van der Waals surface area contributed by atoms with Crippen LogP contribution in [0.15, 0.2) is 64.3 Å². The number of hydrogen-bond acceptors (Lipinski definition) is 8. The number of nitrogens with zero attached hydrogens (tertiary/aromatic N) is 1. The van der Waals surface area contributed by atoms with Crippen molar-refractivity contribution >= 4 is 24.5 Å². The van der Waals surface area contributed by atoms with Gasteiger partial charge in [-0.25, -0.2) is 9.36 Å². The minimum atomic E-state index is -4.15. The Morgan fingerprint density at radius 3 is 2.62 bits per heavy atom. The molecule has 1 aromatic heterocycles. The van der Waals surface area contributed by atoms with Crippen LogP contribution >= 0.6 is 7.75 Å². The lowest BCUT2D eigenvalue weighted by atomic mass is 9.99. The van der Waals surface area contributed by atoms with E-state index in [-0.39, 0.29) is 24.5 Å². The minimum absolute atomic E-state index is 0.102. The predicted octanol–water partition coefficient (Wildman–Crippen LogP) is 4.38. The van der Waals surface area contributed by atoms with Gasteiger partial charge in [0.05, 0.1) is 19.3 Å². The molecule has 216 valence electrons. The molecule has 40 heavy (non-hydrogen) atoms. The van der Waals surface area contributed by atoms with E-state index in [0.29, 0.717) is 12.2 Å². The summed E-state index contributed by atoms with van der Waals surface area (Å²) in [6.45, 7) is 9.29. The number of carbonyl (C=O) groups is 1.